The first kappa shape index (κ1) is 66.6. The molecule has 0 aromatic rings. The molecule has 404 valence electrons. The van der Waals surface area contributed by atoms with Gasteiger partial charge in [0.15, 0.2) is 0 Å². The number of ether oxygens (including phenoxy) is 1. The number of carbonyl (C=O) groups excluding carboxylic acids is 2. The number of aliphatic hydroxyl groups is 2. The molecule has 0 fully saturated rings. The normalized spacial score (nSPS) is 12.6. The fraction of sp³-hybridized carbons (Fsp3) is 0.935. The highest BCUT2D eigenvalue weighted by Crippen LogP contribution is 2.18. The van der Waals surface area contributed by atoms with E-state index in [2.05, 4.69) is 31.3 Å². The zero-order valence-electron chi connectivity index (χ0n) is 46.1. The maximum absolute atomic E-state index is 12.4. The Morgan fingerprint density at radius 1 is 0.397 bits per heavy atom. The summed E-state index contributed by atoms with van der Waals surface area (Å²) in [5.74, 6) is -0.0209. The number of carbonyl (C=O) groups is 2. The van der Waals surface area contributed by atoms with Crippen LogP contribution in [0.2, 0.25) is 0 Å². The van der Waals surface area contributed by atoms with Crippen molar-refractivity contribution in [3.05, 3.63) is 12.2 Å². The third kappa shape index (κ3) is 53.9. The lowest BCUT2D eigenvalue weighted by Gasteiger charge is -2.22. The Balaban J connectivity index is 3.35. The summed E-state index contributed by atoms with van der Waals surface area (Å²) in [5, 5.41) is 23.1. The van der Waals surface area contributed by atoms with E-state index in [1.54, 1.807) is 0 Å². The first-order valence-corrected chi connectivity index (χ1v) is 30.9. The molecule has 0 spiro atoms. The van der Waals surface area contributed by atoms with Crippen LogP contribution in [-0.4, -0.2) is 47.4 Å². The minimum atomic E-state index is -0.663. The summed E-state index contributed by atoms with van der Waals surface area (Å²) < 4.78 is 5.49. The van der Waals surface area contributed by atoms with E-state index in [1.807, 2.05) is 0 Å². The van der Waals surface area contributed by atoms with Crippen LogP contribution in [0.25, 0.3) is 0 Å². The highest BCUT2D eigenvalue weighted by molar-refractivity contribution is 5.76. The molecule has 0 bridgehead atoms. The van der Waals surface area contributed by atoms with Crippen molar-refractivity contribution in [2.45, 2.75) is 360 Å². The number of esters is 1. The number of hydrogen-bond donors (Lipinski definition) is 3. The molecule has 2 atom stereocenters. The van der Waals surface area contributed by atoms with Crippen LogP contribution < -0.4 is 5.32 Å². The smallest absolute Gasteiger partial charge is 0.305 e. The molecule has 0 radical (unpaired) electrons. The molecular weight excluding hydrogens is 839 g/mol. The van der Waals surface area contributed by atoms with Crippen LogP contribution in [0.15, 0.2) is 12.2 Å². The van der Waals surface area contributed by atoms with Crippen molar-refractivity contribution in [2.24, 2.45) is 0 Å². The van der Waals surface area contributed by atoms with E-state index < -0.39 is 12.1 Å². The molecule has 0 saturated carbocycles. The molecule has 6 heteroatoms. The Bertz CT molecular complexity index is 1020. The van der Waals surface area contributed by atoms with Gasteiger partial charge in [0, 0.05) is 12.8 Å². The summed E-state index contributed by atoms with van der Waals surface area (Å²) in [4.78, 5) is 24.5. The number of aliphatic hydroxyl groups excluding tert-OH is 2. The van der Waals surface area contributed by atoms with E-state index in [0.29, 0.717) is 25.9 Å². The Morgan fingerprint density at radius 2 is 0.691 bits per heavy atom. The number of nitrogens with one attached hydrogen (secondary N) is 1. The largest absolute Gasteiger partial charge is 0.466 e. The Hall–Kier alpha value is -1.40. The van der Waals surface area contributed by atoms with Gasteiger partial charge in [0.1, 0.15) is 0 Å². The topological polar surface area (TPSA) is 95.9 Å². The molecule has 0 aromatic carbocycles. The Kier molecular flexibility index (Phi) is 57.0. The predicted octanol–water partition coefficient (Wildman–Crippen LogP) is 19.2. The minimum Gasteiger partial charge on any atom is -0.466 e. The van der Waals surface area contributed by atoms with Crippen LogP contribution in [0.3, 0.4) is 0 Å². The van der Waals surface area contributed by atoms with Gasteiger partial charge in [0.05, 0.1) is 25.4 Å². The van der Waals surface area contributed by atoms with E-state index in [4.69, 9.17) is 4.74 Å². The van der Waals surface area contributed by atoms with E-state index in [0.717, 1.165) is 38.5 Å². The summed E-state index contributed by atoms with van der Waals surface area (Å²) in [6, 6.07) is -0.541. The molecule has 0 aliphatic rings. The molecule has 2 unspecified atom stereocenters. The summed E-state index contributed by atoms with van der Waals surface area (Å²) in [6.07, 6.45) is 69.5. The highest BCUT2D eigenvalue weighted by atomic mass is 16.5. The van der Waals surface area contributed by atoms with E-state index in [-0.39, 0.29) is 18.5 Å². The summed E-state index contributed by atoms with van der Waals surface area (Å²) in [5.41, 5.74) is 0. The number of rotatable bonds is 58. The van der Waals surface area contributed by atoms with Gasteiger partial charge in [-0.3, -0.25) is 9.59 Å². The molecule has 0 saturated heterocycles. The molecular formula is C62H121NO5. The average molecular weight is 961 g/mol. The third-order valence-corrected chi connectivity index (χ3v) is 14.6. The second-order valence-corrected chi connectivity index (χ2v) is 21.4. The Labute approximate surface area is 425 Å². The van der Waals surface area contributed by atoms with Crippen molar-refractivity contribution in [3.63, 3.8) is 0 Å². The zero-order chi connectivity index (χ0) is 49.3. The predicted molar refractivity (Wildman–Crippen MR) is 297 cm³/mol. The average Bonchev–Trinajstić information content (AvgIpc) is 3.34. The second kappa shape index (κ2) is 58.2. The van der Waals surface area contributed by atoms with Crippen molar-refractivity contribution in [2.75, 3.05) is 13.2 Å². The van der Waals surface area contributed by atoms with Gasteiger partial charge in [0.2, 0.25) is 5.91 Å². The van der Waals surface area contributed by atoms with Gasteiger partial charge in [-0.05, 0) is 51.4 Å². The van der Waals surface area contributed by atoms with Crippen molar-refractivity contribution < 1.29 is 24.5 Å². The van der Waals surface area contributed by atoms with Crippen LogP contribution in [0.5, 0.6) is 0 Å². The van der Waals surface area contributed by atoms with E-state index >= 15 is 0 Å². The number of unbranched alkanes of at least 4 members (excludes halogenated alkanes) is 45. The number of hydrogen-bond acceptors (Lipinski definition) is 5. The SMILES string of the molecule is CCCCCCCCCCCCCCCCCCC(=O)OCCCCCCCCCCCCCC/C=C\CCCCCCCCCCCC(=O)NC(CO)C(O)CCCCCCCCCCCC. The lowest BCUT2D eigenvalue weighted by molar-refractivity contribution is -0.143. The fourth-order valence-electron chi connectivity index (χ4n) is 9.81. The van der Waals surface area contributed by atoms with Gasteiger partial charge < -0.3 is 20.3 Å². The molecule has 0 rings (SSSR count). The van der Waals surface area contributed by atoms with Crippen LogP contribution in [-0.2, 0) is 14.3 Å². The summed E-state index contributed by atoms with van der Waals surface area (Å²) in [7, 11) is 0. The van der Waals surface area contributed by atoms with E-state index in [9.17, 15) is 19.8 Å². The highest BCUT2D eigenvalue weighted by Gasteiger charge is 2.20. The molecule has 6 nitrogen and oxygen atoms in total. The lowest BCUT2D eigenvalue weighted by atomic mass is 10.0. The summed E-state index contributed by atoms with van der Waals surface area (Å²) >= 11 is 0. The maximum Gasteiger partial charge on any atom is 0.305 e. The van der Waals surface area contributed by atoms with Gasteiger partial charge in [0.25, 0.3) is 0 Å². The fourth-order valence-corrected chi connectivity index (χ4v) is 9.81. The van der Waals surface area contributed by atoms with Gasteiger partial charge in [-0.25, -0.2) is 0 Å². The van der Waals surface area contributed by atoms with Crippen molar-refractivity contribution in [3.8, 4) is 0 Å². The molecule has 0 aromatic heterocycles. The van der Waals surface area contributed by atoms with Crippen LogP contribution in [0.1, 0.15) is 348 Å². The molecule has 3 N–H and O–H groups in total. The number of allylic oxidation sites excluding steroid dienone is 2. The zero-order valence-corrected chi connectivity index (χ0v) is 46.1. The molecule has 0 aliphatic heterocycles. The number of amides is 1. The van der Waals surface area contributed by atoms with Crippen LogP contribution in [0, 0.1) is 0 Å². The van der Waals surface area contributed by atoms with Crippen molar-refractivity contribution in [1.29, 1.82) is 0 Å². The third-order valence-electron chi connectivity index (χ3n) is 14.6. The molecule has 0 aliphatic carbocycles. The molecule has 68 heavy (non-hydrogen) atoms. The van der Waals surface area contributed by atoms with Gasteiger partial charge in [-0.1, -0.05) is 296 Å². The maximum atomic E-state index is 12.4. The quantitative estimate of drug-likeness (QED) is 0.0321. The standard InChI is InChI=1S/C62H121NO5/c1-3-5-7-9-11-13-15-16-17-30-33-36-40-44-48-52-56-62(67)68-57-53-49-45-41-37-34-31-28-26-24-22-20-18-19-21-23-25-27-29-32-35-39-43-47-51-55-61(66)63-59(58-64)60(65)54-50-46-42-38-14-12-10-8-6-4-2/h19,21,59-60,64-65H,3-18,20,22-58H2,1-2H3,(H,63,66)/b21-19-. The molecule has 0 heterocycles. The van der Waals surface area contributed by atoms with Crippen molar-refractivity contribution in [1.82, 2.24) is 5.32 Å². The Morgan fingerprint density at radius 3 is 1.04 bits per heavy atom. The van der Waals surface area contributed by atoms with E-state index in [1.165, 1.54) is 276 Å². The van der Waals surface area contributed by atoms with Crippen LogP contribution >= 0.6 is 0 Å². The van der Waals surface area contributed by atoms with Gasteiger partial charge in [-0.15, -0.1) is 0 Å². The van der Waals surface area contributed by atoms with Gasteiger partial charge in [-0.2, -0.15) is 0 Å². The second-order valence-electron chi connectivity index (χ2n) is 21.4. The van der Waals surface area contributed by atoms with Crippen molar-refractivity contribution >= 4 is 11.9 Å². The summed E-state index contributed by atoms with van der Waals surface area (Å²) in [6.45, 7) is 4.96. The first-order valence-electron chi connectivity index (χ1n) is 30.9. The lowest BCUT2D eigenvalue weighted by Crippen LogP contribution is -2.45. The first-order chi connectivity index (χ1) is 33.5. The van der Waals surface area contributed by atoms with Crippen LogP contribution in [0.4, 0.5) is 0 Å². The monoisotopic (exact) mass is 960 g/mol. The molecule has 1 amide bonds. The van der Waals surface area contributed by atoms with Gasteiger partial charge >= 0.3 is 5.97 Å². The minimum absolute atomic E-state index is 0.0174.